The van der Waals surface area contributed by atoms with E-state index < -0.39 is 0 Å². The van der Waals surface area contributed by atoms with Gasteiger partial charge in [-0.3, -0.25) is 9.69 Å². The van der Waals surface area contributed by atoms with Crippen LogP contribution in [0, 0.1) is 0 Å². The molecule has 208 valence electrons. The van der Waals surface area contributed by atoms with Gasteiger partial charge in [-0.05, 0) is 78.1 Å². The van der Waals surface area contributed by atoms with Gasteiger partial charge in [0.25, 0.3) is 0 Å². The summed E-state index contributed by atoms with van der Waals surface area (Å²) < 4.78 is 11.3. The Bertz CT molecular complexity index is 1170. The summed E-state index contributed by atoms with van der Waals surface area (Å²) in [6.07, 6.45) is 3.65. The van der Waals surface area contributed by atoms with E-state index >= 15 is 0 Å². The van der Waals surface area contributed by atoms with E-state index in [1.807, 2.05) is 24.3 Å². The van der Waals surface area contributed by atoms with Crippen LogP contribution in [0.25, 0.3) is 0 Å². The summed E-state index contributed by atoms with van der Waals surface area (Å²) >= 11 is 0. The van der Waals surface area contributed by atoms with Crippen LogP contribution < -0.4 is 14.8 Å². The molecule has 3 aromatic carbocycles. The quantitative estimate of drug-likeness (QED) is 0.278. The molecule has 1 aliphatic rings. The summed E-state index contributed by atoms with van der Waals surface area (Å²) in [6, 6.07) is 22.9. The first-order valence-corrected chi connectivity index (χ1v) is 14.3. The van der Waals surface area contributed by atoms with Crippen molar-refractivity contribution in [2.24, 2.45) is 0 Å². The zero-order chi connectivity index (χ0) is 27.6. The number of hydrogen-bond acceptors (Lipinski definition) is 5. The van der Waals surface area contributed by atoms with Crippen molar-refractivity contribution in [2.75, 3.05) is 38.2 Å². The van der Waals surface area contributed by atoms with Crippen LogP contribution in [-0.4, -0.2) is 48.8 Å². The topological polar surface area (TPSA) is 71.0 Å². The molecule has 1 amide bonds. The maximum atomic E-state index is 13.4. The number of aliphatic hydroxyl groups is 1. The summed E-state index contributed by atoms with van der Waals surface area (Å²) in [6.45, 7) is 8.45. The number of ether oxygens (including phenoxy) is 2. The van der Waals surface area contributed by atoms with Crippen molar-refractivity contribution in [1.29, 1.82) is 0 Å². The first-order chi connectivity index (χ1) is 19.1. The van der Waals surface area contributed by atoms with Crippen LogP contribution in [0.2, 0.25) is 0 Å². The van der Waals surface area contributed by atoms with Gasteiger partial charge in [0.05, 0.1) is 19.8 Å². The molecule has 2 atom stereocenters. The van der Waals surface area contributed by atoms with Gasteiger partial charge in [0.15, 0.2) is 0 Å². The molecule has 39 heavy (non-hydrogen) atoms. The average molecular weight is 531 g/mol. The van der Waals surface area contributed by atoms with Crippen molar-refractivity contribution in [3.63, 3.8) is 0 Å². The molecular weight excluding hydrogens is 488 g/mol. The van der Waals surface area contributed by atoms with Crippen LogP contribution in [0.1, 0.15) is 67.8 Å². The van der Waals surface area contributed by atoms with Crippen LogP contribution >= 0.6 is 0 Å². The van der Waals surface area contributed by atoms with Gasteiger partial charge >= 0.3 is 0 Å². The molecule has 6 heteroatoms. The van der Waals surface area contributed by atoms with E-state index in [4.69, 9.17) is 14.6 Å². The van der Waals surface area contributed by atoms with Crippen LogP contribution in [0.15, 0.2) is 66.7 Å². The van der Waals surface area contributed by atoms with E-state index in [2.05, 4.69) is 73.5 Å². The molecule has 0 aromatic heterocycles. The number of hydrogen-bond donors (Lipinski definition) is 2. The predicted molar refractivity (Wildman–Crippen MR) is 157 cm³/mol. The van der Waals surface area contributed by atoms with Gasteiger partial charge in [-0.15, -0.1) is 0 Å². The normalized spacial score (nSPS) is 17.2. The minimum atomic E-state index is -0.00612. The SMILES string of the molecule is CCCOc1ccc([C@H]2C[C@@H](c3ccc(OCCO)cc3)CN2CC(=O)Nc2c(CC)cccc2CC)cc1. The predicted octanol–water partition coefficient (Wildman–Crippen LogP) is 6.14. The summed E-state index contributed by atoms with van der Waals surface area (Å²) in [4.78, 5) is 15.7. The number of benzene rings is 3. The summed E-state index contributed by atoms with van der Waals surface area (Å²) in [5.41, 5.74) is 5.73. The fraction of sp³-hybridized carbons (Fsp3) is 0.424. The Morgan fingerprint density at radius 1 is 0.872 bits per heavy atom. The standard InChI is InChI=1S/C33H42N2O4/c1-4-19-38-29-16-12-27(13-17-29)31-21-28(26-10-14-30(15-11-26)39-20-18-36)22-35(31)23-32(37)34-33-24(5-2)8-7-9-25(33)6-3/h7-17,28,31,36H,4-6,18-23H2,1-3H3,(H,34,37)/t28-,31-/m1/s1. The third-order valence-electron chi connectivity index (χ3n) is 7.46. The molecule has 1 fully saturated rings. The molecule has 0 unspecified atom stereocenters. The molecule has 0 radical (unpaired) electrons. The van der Waals surface area contributed by atoms with E-state index in [9.17, 15) is 4.79 Å². The second-order valence-corrected chi connectivity index (χ2v) is 10.1. The van der Waals surface area contributed by atoms with Gasteiger partial charge in [0.1, 0.15) is 18.1 Å². The lowest BCUT2D eigenvalue weighted by Crippen LogP contribution is -2.33. The zero-order valence-corrected chi connectivity index (χ0v) is 23.5. The number of carbonyl (C=O) groups excluding carboxylic acids is 1. The number of anilines is 1. The molecule has 6 nitrogen and oxygen atoms in total. The van der Waals surface area contributed by atoms with Crippen molar-refractivity contribution in [3.8, 4) is 11.5 Å². The highest BCUT2D eigenvalue weighted by Gasteiger charge is 2.35. The number of nitrogens with zero attached hydrogens (tertiary/aromatic N) is 1. The molecule has 0 spiro atoms. The monoisotopic (exact) mass is 530 g/mol. The molecule has 3 aromatic rings. The number of rotatable bonds is 13. The number of aryl methyl sites for hydroxylation is 2. The van der Waals surface area contributed by atoms with Crippen molar-refractivity contribution in [2.45, 2.75) is 58.4 Å². The van der Waals surface area contributed by atoms with Crippen molar-refractivity contribution in [1.82, 2.24) is 4.90 Å². The van der Waals surface area contributed by atoms with E-state index in [1.54, 1.807) is 0 Å². The molecule has 0 aliphatic carbocycles. The van der Waals surface area contributed by atoms with Crippen LogP contribution in [0.5, 0.6) is 11.5 Å². The number of amides is 1. The molecular formula is C33H42N2O4. The van der Waals surface area contributed by atoms with Crippen LogP contribution in [0.4, 0.5) is 5.69 Å². The van der Waals surface area contributed by atoms with Gasteiger partial charge in [0.2, 0.25) is 5.91 Å². The molecule has 4 rings (SSSR count). The fourth-order valence-electron chi connectivity index (χ4n) is 5.44. The molecule has 0 saturated carbocycles. The lowest BCUT2D eigenvalue weighted by atomic mass is 9.94. The van der Waals surface area contributed by atoms with Gasteiger partial charge in [-0.1, -0.05) is 63.2 Å². The van der Waals surface area contributed by atoms with E-state index in [1.165, 1.54) is 22.3 Å². The second-order valence-electron chi connectivity index (χ2n) is 10.1. The Kier molecular flexibility index (Phi) is 10.4. The molecule has 2 N–H and O–H groups in total. The van der Waals surface area contributed by atoms with E-state index in [0.717, 1.165) is 49.4 Å². The molecule has 1 heterocycles. The highest BCUT2D eigenvalue weighted by Crippen LogP contribution is 2.41. The minimum Gasteiger partial charge on any atom is -0.494 e. The summed E-state index contributed by atoms with van der Waals surface area (Å²) in [7, 11) is 0. The Balaban J connectivity index is 1.53. The summed E-state index contributed by atoms with van der Waals surface area (Å²) in [5.74, 6) is 1.94. The molecule has 1 saturated heterocycles. The lowest BCUT2D eigenvalue weighted by Gasteiger charge is -2.25. The number of carbonyl (C=O) groups is 1. The third-order valence-corrected chi connectivity index (χ3v) is 7.46. The van der Waals surface area contributed by atoms with E-state index in [0.29, 0.717) is 19.1 Å². The van der Waals surface area contributed by atoms with Crippen molar-refractivity contribution in [3.05, 3.63) is 89.0 Å². The Morgan fingerprint density at radius 3 is 2.03 bits per heavy atom. The van der Waals surface area contributed by atoms with Gasteiger partial charge in [0, 0.05) is 18.3 Å². The van der Waals surface area contributed by atoms with Crippen molar-refractivity contribution < 1.29 is 19.4 Å². The van der Waals surface area contributed by atoms with Crippen LogP contribution in [-0.2, 0) is 17.6 Å². The molecule has 1 aliphatic heterocycles. The number of nitrogens with one attached hydrogen (secondary N) is 1. The smallest absolute Gasteiger partial charge is 0.238 e. The molecule has 0 bridgehead atoms. The third kappa shape index (κ3) is 7.40. The maximum Gasteiger partial charge on any atom is 0.238 e. The zero-order valence-electron chi connectivity index (χ0n) is 23.5. The minimum absolute atomic E-state index is 0.00612. The number of para-hydroxylation sites is 1. The lowest BCUT2D eigenvalue weighted by molar-refractivity contribution is -0.117. The Morgan fingerprint density at radius 2 is 1.46 bits per heavy atom. The van der Waals surface area contributed by atoms with Gasteiger partial charge < -0.3 is 19.9 Å². The Labute approximate surface area is 233 Å². The first-order valence-electron chi connectivity index (χ1n) is 14.3. The summed E-state index contributed by atoms with van der Waals surface area (Å²) in [5, 5.41) is 12.3. The van der Waals surface area contributed by atoms with Gasteiger partial charge in [-0.2, -0.15) is 0 Å². The highest BCUT2D eigenvalue weighted by molar-refractivity contribution is 5.94. The number of likely N-dealkylation sites (tertiary alicyclic amines) is 1. The van der Waals surface area contributed by atoms with Crippen molar-refractivity contribution >= 4 is 11.6 Å². The fourth-order valence-corrected chi connectivity index (χ4v) is 5.44. The second kappa shape index (κ2) is 14.2. The highest BCUT2D eigenvalue weighted by atomic mass is 16.5. The van der Waals surface area contributed by atoms with Crippen LogP contribution in [0.3, 0.4) is 0 Å². The first kappa shape index (κ1) is 28.7. The van der Waals surface area contributed by atoms with Gasteiger partial charge in [-0.25, -0.2) is 0 Å². The average Bonchev–Trinajstić information content (AvgIpc) is 3.39. The maximum absolute atomic E-state index is 13.4. The van der Waals surface area contributed by atoms with E-state index in [-0.39, 0.29) is 25.2 Å². The number of aliphatic hydroxyl groups excluding tert-OH is 1. The largest absolute Gasteiger partial charge is 0.494 e. The Hall–Kier alpha value is -3.35.